The van der Waals surface area contributed by atoms with Crippen LogP contribution in [0.3, 0.4) is 0 Å². The van der Waals surface area contributed by atoms with Crippen molar-refractivity contribution in [1.82, 2.24) is 0 Å². The van der Waals surface area contributed by atoms with Crippen molar-refractivity contribution in [3.05, 3.63) is 94.0 Å². The van der Waals surface area contributed by atoms with E-state index in [1.165, 1.54) is 33.0 Å². The number of fused-ring (bicyclic) bond motifs is 4. The van der Waals surface area contributed by atoms with Crippen molar-refractivity contribution in [2.24, 2.45) is 0 Å². The molecule has 27 heavy (non-hydrogen) atoms. The third-order valence-electron chi connectivity index (χ3n) is 5.74. The average molecular weight is 389 g/mol. The Morgan fingerprint density at radius 3 is 2.11 bits per heavy atom. The standard InChI is InChI=1S/C25H18Cl2/c1-25(2)23-6-4-3-5-21(23)22-12-16-8-7-15(9-17(16)13-24(22)25)18-10-19(26)14-20(27)11-18/h3-14H,1-2H3. The second-order valence-electron chi connectivity index (χ2n) is 7.79. The third kappa shape index (κ3) is 2.59. The van der Waals surface area contributed by atoms with Crippen molar-refractivity contribution in [3.8, 4) is 22.3 Å². The van der Waals surface area contributed by atoms with E-state index in [9.17, 15) is 0 Å². The molecule has 0 atom stereocenters. The molecule has 0 N–H and O–H groups in total. The number of rotatable bonds is 1. The predicted molar refractivity (Wildman–Crippen MR) is 117 cm³/mol. The van der Waals surface area contributed by atoms with E-state index in [0.717, 1.165) is 11.1 Å². The molecule has 0 radical (unpaired) electrons. The highest BCUT2D eigenvalue weighted by molar-refractivity contribution is 6.35. The maximum Gasteiger partial charge on any atom is 0.0426 e. The quantitative estimate of drug-likeness (QED) is 0.308. The Labute approximate surface area is 169 Å². The summed E-state index contributed by atoms with van der Waals surface area (Å²) in [4.78, 5) is 0. The van der Waals surface area contributed by atoms with Gasteiger partial charge in [-0.2, -0.15) is 0 Å². The van der Waals surface area contributed by atoms with Crippen molar-refractivity contribution in [2.75, 3.05) is 0 Å². The Kier molecular flexibility index (Phi) is 3.66. The van der Waals surface area contributed by atoms with Gasteiger partial charge in [-0.3, -0.25) is 0 Å². The van der Waals surface area contributed by atoms with Crippen LogP contribution in [-0.2, 0) is 5.41 Å². The molecule has 4 aromatic rings. The Morgan fingerprint density at radius 1 is 0.593 bits per heavy atom. The molecule has 0 saturated carbocycles. The van der Waals surface area contributed by atoms with Crippen LogP contribution in [-0.4, -0.2) is 0 Å². The van der Waals surface area contributed by atoms with Gasteiger partial charge in [0, 0.05) is 15.5 Å². The largest absolute Gasteiger partial charge is 0.0843 e. The molecule has 0 aromatic heterocycles. The van der Waals surface area contributed by atoms with Crippen LogP contribution in [0.1, 0.15) is 25.0 Å². The number of halogens is 2. The average Bonchev–Trinajstić information content (AvgIpc) is 2.86. The number of benzene rings is 4. The molecule has 132 valence electrons. The summed E-state index contributed by atoms with van der Waals surface area (Å²) in [5.74, 6) is 0. The SMILES string of the molecule is CC1(C)c2ccccc2-c2cc3ccc(-c4cc(Cl)cc(Cl)c4)cc3cc21. The molecule has 5 rings (SSSR count). The zero-order valence-corrected chi connectivity index (χ0v) is 16.7. The summed E-state index contributed by atoms with van der Waals surface area (Å²) in [6.45, 7) is 4.62. The van der Waals surface area contributed by atoms with Gasteiger partial charge in [-0.15, -0.1) is 0 Å². The van der Waals surface area contributed by atoms with E-state index >= 15 is 0 Å². The van der Waals surface area contributed by atoms with E-state index in [4.69, 9.17) is 23.2 Å². The molecule has 0 saturated heterocycles. The first-order valence-electron chi connectivity index (χ1n) is 9.08. The van der Waals surface area contributed by atoms with Crippen molar-refractivity contribution in [1.29, 1.82) is 0 Å². The molecule has 4 aromatic carbocycles. The van der Waals surface area contributed by atoms with E-state index in [0.29, 0.717) is 10.0 Å². The first-order valence-corrected chi connectivity index (χ1v) is 9.84. The van der Waals surface area contributed by atoms with Gasteiger partial charge in [0.05, 0.1) is 0 Å². The van der Waals surface area contributed by atoms with E-state index < -0.39 is 0 Å². The fraction of sp³-hybridized carbons (Fsp3) is 0.120. The number of hydrogen-bond donors (Lipinski definition) is 0. The molecule has 0 fully saturated rings. The minimum Gasteiger partial charge on any atom is -0.0843 e. The molecule has 0 aliphatic heterocycles. The fourth-order valence-corrected chi connectivity index (χ4v) is 4.87. The highest BCUT2D eigenvalue weighted by Gasteiger charge is 2.35. The van der Waals surface area contributed by atoms with E-state index in [-0.39, 0.29) is 5.41 Å². The summed E-state index contributed by atoms with van der Waals surface area (Å²) < 4.78 is 0. The second-order valence-corrected chi connectivity index (χ2v) is 8.66. The van der Waals surface area contributed by atoms with Gasteiger partial charge in [-0.1, -0.05) is 73.4 Å². The second kappa shape index (κ2) is 5.86. The molecule has 0 bridgehead atoms. The smallest absolute Gasteiger partial charge is 0.0426 e. The molecular weight excluding hydrogens is 371 g/mol. The van der Waals surface area contributed by atoms with Gasteiger partial charge >= 0.3 is 0 Å². The molecule has 0 spiro atoms. The highest BCUT2D eigenvalue weighted by Crippen LogP contribution is 2.49. The summed E-state index contributed by atoms with van der Waals surface area (Å²) in [6.07, 6.45) is 0. The van der Waals surface area contributed by atoms with Crippen LogP contribution < -0.4 is 0 Å². The number of hydrogen-bond acceptors (Lipinski definition) is 0. The van der Waals surface area contributed by atoms with Crippen LogP contribution >= 0.6 is 23.2 Å². The van der Waals surface area contributed by atoms with E-state index in [1.54, 1.807) is 6.07 Å². The Bertz CT molecular complexity index is 1200. The highest BCUT2D eigenvalue weighted by atomic mass is 35.5. The summed E-state index contributed by atoms with van der Waals surface area (Å²) in [5, 5.41) is 3.80. The maximum atomic E-state index is 6.20. The van der Waals surface area contributed by atoms with Crippen LogP contribution in [0.15, 0.2) is 72.8 Å². The molecular formula is C25H18Cl2. The van der Waals surface area contributed by atoms with Gasteiger partial charge in [-0.05, 0) is 80.6 Å². The summed E-state index contributed by atoms with van der Waals surface area (Å²) in [5.41, 5.74) is 7.66. The van der Waals surface area contributed by atoms with Crippen LogP contribution in [0, 0.1) is 0 Å². The van der Waals surface area contributed by atoms with Crippen molar-refractivity contribution in [3.63, 3.8) is 0 Å². The van der Waals surface area contributed by atoms with Crippen LogP contribution in [0.2, 0.25) is 10.0 Å². The van der Waals surface area contributed by atoms with Gasteiger partial charge in [-0.25, -0.2) is 0 Å². The van der Waals surface area contributed by atoms with Crippen molar-refractivity contribution >= 4 is 34.0 Å². The van der Waals surface area contributed by atoms with Gasteiger partial charge in [0.2, 0.25) is 0 Å². The fourth-order valence-electron chi connectivity index (χ4n) is 4.35. The minimum atomic E-state index is 0.00941. The minimum absolute atomic E-state index is 0.00941. The molecule has 0 heterocycles. The van der Waals surface area contributed by atoms with Crippen LogP contribution in [0.25, 0.3) is 33.0 Å². The van der Waals surface area contributed by atoms with Gasteiger partial charge in [0.1, 0.15) is 0 Å². The summed E-state index contributed by atoms with van der Waals surface area (Å²) >= 11 is 12.4. The van der Waals surface area contributed by atoms with E-state index in [1.807, 2.05) is 12.1 Å². The molecule has 2 heteroatoms. The zero-order valence-electron chi connectivity index (χ0n) is 15.2. The molecule has 0 unspecified atom stereocenters. The Morgan fingerprint density at radius 2 is 1.33 bits per heavy atom. The lowest BCUT2D eigenvalue weighted by atomic mass is 9.82. The lowest BCUT2D eigenvalue weighted by molar-refractivity contribution is 0.661. The monoisotopic (exact) mass is 388 g/mol. The molecule has 1 aliphatic carbocycles. The summed E-state index contributed by atoms with van der Waals surface area (Å²) in [7, 11) is 0. The lowest BCUT2D eigenvalue weighted by Crippen LogP contribution is -2.14. The van der Waals surface area contributed by atoms with Gasteiger partial charge < -0.3 is 0 Å². The van der Waals surface area contributed by atoms with Gasteiger partial charge in [0.25, 0.3) is 0 Å². The van der Waals surface area contributed by atoms with Crippen molar-refractivity contribution < 1.29 is 0 Å². The van der Waals surface area contributed by atoms with E-state index in [2.05, 4.69) is 68.4 Å². The first-order chi connectivity index (χ1) is 12.9. The summed E-state index contributed by atoms with van der Waals surface area (Å²) in [6, 6.07) is 25.7. The normalized spacial score (nSPS) is 14.2. The molecule has 0 amide bonds. The topological polar surface area (TPSA) is 0 Å². The Balaban J connectivity index is 1.73. The van der Waals surface area contributed by atoms with Gasteiger partial charge in [0.15, 0.2) is 0 Å². The van der Waals surface area contributed by atoms with Crippen LogP contribution in [0.4, 0.5) is 0 Å². The Hall–Kier alpha value is -2.28. The predicted octanol–water partition coefficient (Wildman–Crippen LogP) is 8.12. The van der Waals surface area contributed by atoms with Crippen molar-refractivity contribution in [2.45, 2.75) is 19.3 Å². The first kappa shape index (κ1) is 16.9. The molecule has 0 nitrogen and oxygen atoms in total. The lowest BCUT2D eigenvalue weighted by Gasteiger charge is -2.21. The zero-order chi connectivity index (χ0) is 18.8. The maximum absolute atomic E-state index is 6.20. The molecule has 1 aliphatic rings. The van der Waals surface area contributed by atoms with Crippen LogP contribution in [0.5, 0.6) is 0 Å². The third-order valence-corrected chi connectivity index (χ3v) is 6.17.